The summed E-state index contributed by atoms with van der Waals surface area (Å²) in [5.74, 6) is 0.0484. The number of halogens is 1. The molecular formula is C14H12FN3. The van der Waals surface area contributed by atoms with E-state index in [1.165, 1.54) is 6.07 Å². The van der Waals surface area contributed by atoms with Crippen LogP contribution < -0.4 is 0 Å². The van der Waals surface area contributed by atoms with Gasteiger partial charge in [0.15, 0.2) is 0 Å². The summed E-state index contributed by atoms with van der Waals surface area (Å²) >= 11 is 0. The maximum atomic E-state index is 13.7. The summed E-state index contributed by atoms with van der Waals surface area (Å²) in [4.78, 5) is 0. The fourth-order valence-corrected chi connectivity index (χ4v) is 2.20. The predicted molar refractivity (Wildman–Crippen MR) is 64.4 cm³/mol. The van der Waals surface area contributed by atoms with Gasteiger partial charge in [-0.1, -0.05) is 0 Å². The van der Waals surface area contributed by atoms with Crippen LogP contribution in [0.15, 0.2) is 30.6 Å². The molecule has 0 radical (unpaired) electrons. The highest BCUT2D eigenvalue weighted by Crippen LogP contribution is 2.42. The molecule has 90 valence electrons. The van der Waals surface area contributed by atoms with Crippen molar-refractivity contribution < 1.29 is 4.39 Å². The van der Waals surface area contributed by atoms with Gasteiger partial charge in [-0.15, -0.1) is 0 Å². The Morgan fingerprint density at radius 1 is 1.44 bits per heavy atom. The third-order valence-electron chi connectivity index (χ3n) is 3.26. The van der Waals surface area contributed by atoms with Crippen molar-refractivity contribution in [1.29, 1.82) is 5.26 Å². The number of nitriles is 1. The third kappa shape index (κ3) is 2.00. The van der Waals surface area contributed by atoms with Gasteiger partial charge in [0.2, 0.25) is 0 Å². The number of aromatic nitrogens is 2. The minimum Gasteiger partial charge on any atom is -0.268 e. The average molecular weight is 241 g/mol. The van der Waals surface area contributed by atoms with Gasteiger partial charge in [0, 0.05) is 12.4 Å². The maximum Gasteiger partial charge on any atom is 0.141 e. The first-order chi connectivity index (χ1) is 8.78. The highest BCUT2D eigenvalue weighted by molar-refractivity contribution is 5.42. The van der Waals surface area contributed by atoms with Crippen LogP contribution >= 0.6 is 0 Å². The molecule has 0 spiro atoms. The minimum absolute atomic E-state index is 0.140. The molecule has 0 N–H and O–H groups in total. The van der Waals surface area contributed by atoms with Crippen LogP contribution in [0.3, 0.4) is 0 Å². The zero-order chi connectivity index (χ0) is 12.5. The van der Waals surface area contributed by atoms with Crippen LogP contribution in [-0.4, -0.2) is 9.78 Å². The second-order valence-corrected chi connectivity index (χ2v) is 4.62. The largest absolute Gasteiger partial charge is 0.268 e. The Morgan fingerprint density at radius 3 is 2.89 bits per heavy atom. The lowest BCUT2D eigenvalue weighted by Gasteiger charge is -2.10. The van der Waals surface area contributed by atoms with E-state index in [2.05, 4.69) is 5.10 Å². The normalized spacial score (nSPS) is 14.4. The average Bonchev–Trinajstić information content (AvgIpc) is 3.08. The van der Waals surface area contributed by atoms with Crippen LogP contribution in [0.5, 0.6) is 0 Å². The van der Waals surface area contributed by atoms with Crippen LogP contribution in [0.2, 0.25) is 0 Å². The van der Waals surface area contributed by atoms with Crippen molar-refractivity contribution in [3.8, 4) is 6.07 Å². The van der Waals surface area contributed by atoms with E-state index in [0.717, 1.165) is 24.0 Å². The zero-order valence-corrected chi connectivity index (χ0v) is 9.81. The van der Waals surface area contributed by atoms with Crippen molar-refractivity contribution in [1.82, 2.24) is 9.78 Å². The van der Waals surface area contributed by atoms with E-state index in [1.54, 1.807) is 16.9 Å². The van der Waals surface area contributed by atoms with Gasteiger partial charge in [-0.25, -0.2) is 4.39 Å². The van der Waals surface area contributed by atoms with Gasteiger partial charge in [-0.05, 0) is 48.1 Å². The Bertz CT molecular complexity index is 607. The quantitative estimate of drug-likeness (QED) is 0.829. The molecule has 3 rings (SSSR count). The molecule has 0 amide bonds. The molecule has 0 atom stereocenters. The monoisotopic (exact) mass is 241 g/mol. The van der Waals surface area contributed by atoms with Crippen molar-refractivity contribution in [2.45, 2.75) is 25.3 Å². The van der Waals surface area contributed by atoms with Crippen molar-refractivity contribution in [2.75, 3.05) is 0 Å². The second kappa shape index (κ2) is 4.26. The number of nitrogens with zero attached hydrogens (tertiary/aromatic N) is 3. The number of hydrogen-bond donors (Lipinski definition) is 0. The first-order valence-corrected chi connectivity index (χ1v) is 5.98. The fourth-order valence-electron chi connectivity index (χ4n) is 2.20. The Balaban J connectivity index is 2.02. The Kier molecular flexibility index (Phi) is 2.60. The van der Waals surface area contributed by atoms with Gasteiger partial charge in [-0.2, -0.15) is 10.4 Å². The molecule has 0 saturated heterocycles. The first kappa shape index (κ1) is 11.0. The van der Waals surface area contributed by atoms with E-state index in [4.69, 9.17) is 5.26 Å². The molecule has 3 nitrogen and oxygen atoms in total. The topological polar surface area (TPSA) is 41.6 Å². The van der Waals surface area contributed by atoms with Gasteiger partial charge < -0.3 is 0 Å². The predicted octanol–water partition coefficient (Wildman–Crippen LogP) is 2.82. The molecule has 1 saturated carbocycles. The molecule has 0 unspecified atom stereocenters. The summed E-state index contributed by atoms with van der Waals surface area (Å²) in [5, 5.41) is 13.0. The summed E-state index contributed by atoms with van der Waals surface area (Å²) in [7, 11) is 0. The van der Waals surface area contributed by atoms with Gasteiger partial charge in [0.1, 0.15) is 11.9 Å². The lowest BCUT2D eigenvalue weighted by molar-refractivity contribution is 0.613. The number of hydrogen-bond acceptors (Lipinski definition) is 2. The molecule has 1 heterocycles. The van der Waals surface area contributed by atoms with Crippen LogP contribution in [0, 0.1) is 17.1 Å². The molecule has 0 aliphatic heterocycles. The summed E-state index contributed by atoms with van der Waals surface area (Å²) in [6.07, 6.45) is 5.81. The molecule has 0 bridgehead atoms. The summed E-state index contributed by atoms with van der Waals surface area (Å²) in [6.45, 7) is 0.557. The van der Waals surface area contributed by atoms with E-state index in [1.807, 2.05) is 18.3 Å². The third-order valence-corrected chi connectivity index (χ3v) is 3.26. The summed E-state index contributed by atoms with van der Waals surface area (Å²) in [6, 6.07) is 6.93. The highest BCUT2D eigenvalue weighted by Gasteiger charge is 2.27. The van der Waals surface area contributed by atoms with Gasteiger partial charge in [-0.3, -0.25) is 4.68 Å². The maximum absolute atomic E-state index is 13.7. The van der Waals surface area contributed by atoms with Crippen LogP contribution in [-0.2, 0) is 6.54 Å². The summed E-state index contributed by atoms with van der Waals surface area (Å²) in [5.41, 5.74) is 2.17. The van der Waals surface area contributed by atoms with Crippen molar-refractivity contribution in [3.05, 3.63) is 53.1 Å². The number of benzene rings is 1. The second-order valence-electron chi connectivity index (χ2n) is 4.62. The van der Waals surface area contributed by atoms with Gasteiger partial charge in [0.05, 0.1) is 12.1 Å². The van der Waals surface area contributed by atoms with E-state index >= 15 is 0 Å². The van der Waals surface area contributed by atoms with Crippen LogP contribution in [0.4, 0.5) is 4.39 Å². The minimum atomic E-state index is -0.441. The van der Waals surface area contributed by atoms with E-state index in [9.17, 15) is 4.39 Å². The Labute approximate surface area is 104 Å². The summed E-state index contributed by atoms with van der Waals surface area (Å²) < 4.78 is 15.5. The van der Waals surface area contributed by atoms with Gasteiger partial charge >= 0.3 is 0 Å². The SMILES string of the molecule is N#Cc1cc(C2CC2)c(Cn2cccn2)cc1F. The molecule has 1 aromatic heterocycles. The number of rotatable bonds is 3. The van der Waals surface area contributed by atoms with E-state index < -0.39 is 5.82 Å². The molecule has 4 heteroatoms. The molecule has 1 fully saturated rings. The highest BCUT2D eigenvalue weighted by atomic mass is 19.1. The smallest absolute Gasteiger partial charge is 0.141 e. The van der Waals surface area contributed by atoms with Crippen molar-refractivity contribution in [2.24, 2.45) is 0 Å². The van der Waals surface area contributed by atoms with E-state index in [0.29, 0.717) is 12.5 Å². The van der Waals surface area contributed by atoms with Crippen molar-refractivity contribution >= 4 is 0 Å². The molecule has 2 aromatic rings. The molecule has 1 aliphatic carbocycles. The Hall–Kier alpha value is -2.15. The van der Waals surface area contributed by atoms with E-state index in [-0.39, 0.29) is 5.56 Å². The Morgan fingerprint density at radius 2 is 2.28 bits per heavy atom. The van der Waals surface area contributed by atoms with Gasteiger partial charge in [0.25, 0.3) is 0 Å². The lowest BCUT2D eigenvalue weighted by Crippen LogP contribution is -2.04. The lowest BCUT2D eigenvalue weighted by atomic mass is 10.00. The van der Waals surface area contributed by atoms with Crippen molar-refractivity contribution in [3.63, 3.8) is 0 Å². The fraction of sp³-hybridized carbons (Fsp3) is 0.286. The first-order valence-electron chi connectivity index (χ1n) is 5.98. The molecule has 1 aromatic carbocycles. The van der Waals surface area contributed by atoms with Crippen LogP contribution in [0.1, 0.15) is 35.4 Å². The molecular weight excluding hydrogens is 229 g/mol. The zero-order valence-electron chi connectivity index (χ0n) is 9.81. The molecule has 1 aliphatic rings. The van der Waals surface area contributed by atoms with Crippen LogP contribution in [0.25, 0.3) is 0 Å². The standard InChI is InChI=1S/C14H12FN3/c15-14-7-12(9-18-5-1-4-17-18)13(10-2-3-10)6-11(14)8-16/h1,4-7,10H,2-3,9H2. The molecule has 18 heavy (non-hydrogen) atoms.